The highest BCUT2D eigenvalue weighted by Crippen LogP contribution is 2.43. The van der Waals surface area contributed by atoms with E-state index in [1.54, 1.807) is 24.3 Å². The molecule has 1 amide bonds. The third-order valence-corrected chi connectivity index (χ3v) is 4.71. The molecule has 0 atom stereocenters. The zero-order chi connectivity index (χ0) is 24.5. The Morgan fingerprint density at radius 1 is 1.00 bits per heavy atom. The second-order valence-corrected chi connectivity index (χ2v) is 7.22. The monoisotopic (exact) mass is 480 g/mol. The van der Waals surface area contributed by atoms with Gasteiger partial charge in [-0.2, -0.15) is 26.3 Å². The van der Waals surface area contributed by atoms with Crippen LogP contribution in [-0.4, -0.2) is 34.4 Å². The third kappa shape index (κ3) is 5.33. The molecule has 4 rings (SSSR count). The second kappa shape index (κ2) is 8.76. The molecule has 0 bridgehead atoms. The zero-order valence-corrected chi connectivity index (χ0v) is 17.0. The Morgan fingerprint density at radius 2 is 1.76 bits per heavy atom. The number of carbonyl (C=O) groups is 1. The summed E-state index contributed by atoms with van der Waals surface area (Å²) in [4.78, 5) is 24.9. The van der Waals surface area contributed by atoms with E-state index < -0.39 is 36.2 Å². The number of alkyl halides is 6. The van der Waals surface area contributed by atoms with Crippen LogP contribution in [0.5, 0.6) is 5.75 Å². The Kier molecular flexibility index (Phi) is 5.98. The van der Waals surface area contributed by atoms with Crippen LogP contribution in [0.2, 0.25) is 0 Å². The summed E-state index contributed by atoms with van der Waals surface area (Å²) in [7, 11) is 0. The third-order valence-electron chi connectivity index (χ3n) is 4.71. The lowest BCUT2D eigenvalue weighted by Gasteiger charge is -2.17. The highest BCUT2D eigenvalue weighted by molar-refractivity contribution is 6.17. The summed E-state index contributed by atoms with van der Waals surface area (Å²) >= 11 is 0. The van der Waals surface area contributed by atoms with Crippen molar-refractivity contribution in [3.8, 4) is 17.0 Å². The van der Waals surface area contributed by atoms with Gasteiger partial charge in [-0.15, -0.1) is 0 Å². The molecule has 34 heavy (non-hydrogen) atoms. The number of carbonyl (C=O) groups excluding carboxylic acids is 1. The van der Waals surface area contributed by atoms with Crippen molar-refractivity contribution in [2.24, 2.45) is 4.99 Å². The molecular weight excluding hydrogens is 466 g/mol. The van der Waals surface area contributed by atoms with Gasteiger partial charge in [0.25, 0.3) is 0 Å². The number of rotatable bonds is 4. The van der Waals surface area contributed by atoms with Crippen LogP contribution in [0.25, 0.3) is 11.3 Å². The molecule has 1 aromatic heterocycles. The van der Waals surface area contributed by atoms with Crippen LogP contribution in [0, 0.1) is 0 Å². The van der Waals surface area contributed by atoms with Crippen molar-refractivity contribution in [1.29, 1.82) is 0 Å². The molecule has 1 aliphatic rings. The lowest BCUT2D eigenvalue weighted by Crippen LogP contribution is -2.21. The van der Waals surface area contributed by atoms with Crippen molar-refractivity contribution in [2.45, 2.75) is 18.8 Å². The van der Waals surface area contributed by atoms with E-state index in [2.05, 4.69) is 25.0 Å². The first-order valence-electron chi connectivity index (χ1n) is 9.68. The molecule has 0 fully saturated rings. The standard InChI is InChI=1S/C22H14F6N4O2/c23-21(24,25)11-34-19-8-17-16(7-14(19)22(26,27)28)32-20(33)9-15(31-17)12-2-1-3-13(6-12)18-10-29-4-5-30-18/h1-8,10H,9,11H2,(H,32,33). The molecule has 0 saturated heterocycles. The molecule has 1 aliphatic heterocycles. The molecule has 12 heteroatoms. The largest absolute Gasteiger partial charge is 0.483 e. The van der Waals surface area contributed by atoms with Crippen molar-refractivity contribution < 1.29 is 35.9 Å². The maximum atomic E-state index is 13.5. The Balaban J connectivity index is 1.79. The van der Waals surface area contributed by atoms with Crippen LogP contribution in [0.15, 0.2) is 60.0 Å². The van der Waals surface area contributed by atoms with Crippen LogP contribution in [0.4, 0.5) is 37.7 Å². The zero-order valence-electron chi connectivity index (χ0n) is 17.0. The summed E-state index contributed by atoms with van der Waals surface area (Å²) in [5, 5.41) is 2.33. The van der Waals surface area contributed by atoms with Gasteiger partial charge in [-0.3, -0.25) is 14.8 Å². The summed E-state index contributed by atoms with van der Waals surface area (Å²) < 4.78 is 82.6. The fraction of sp³-hybridized carbons (Fsp3) is 0.182. The first-order valence-corrected chi connectivity index (χ1v) is 9.68. The first kappa shape index (κ1) is 23.2. The maximum Gasteiger partial charge on any atom is 0.422 e. The average Bonchev–Trinajstić information content (AvgIpc) is 2.94. The lowest BCUT2D eigenvalue weighted by molar-refractivity contribution is -0.158. The first-order chi connectivity index (χ1) is 16.0. The van der Waals surface area contributed by atoms with Crippen molar-refractivity contribution in [3.05, 3.63) is 66.1 Å². The number of aromatic nitrogens is 2. The normalized spacial score (nSPS) is 14.1. The summed E-state index contributed by atoms with van der Waals surface area (Å²) in [6, 6.07) is 7.99. The minimum atomic E-state index is -5.02. The predicted octanol–water partition coefficient (Wildman–Crippen LogP) is 5.57. The smallest absolute Gasteiger partial charge is 0.422 e. The van der Waals surface area contributed by atoms with Gasteiger partial charge in [0.05, 0.1) is 41.0 Å². The Labute approximate surface area is 188 Å². The minimum absolute atomic E-state index is 0.170. The van der Waals surface area contributed by atoms with E-state index in [9.17, 15) is 31.1 Å². The highest BCUT2D eigenvalue weighted by atomic mass is 19.4. The van der Waals surface area contributed by atoms with E-state index in [1.807, 2.05) is 0 Å². The number of halogens is 6. The van der Waals surface area contributed by atoms with E-state index in [4.69, 9.17) is 0 Å². The number of amides is 1. The Hall–Kier alpha value is -3.96. The summed E-state index contributed by atoms with van der Waals surface area (Å²) in [5.74, 6) is -1.68. The molecule has 2 heterocycles. The van der Waals surface area contributed by atoms with Gasteiger partial charge in [0, 0.05) is 24.0 Å². The number of ether oxygens (including phenoxy) is 1. The van der Waals surface area contributed by atoms with Gasteiger partial charge < -0.3 is 10.1 Å². The summed E-state index contributed by atoms with van der Waals surface area (Å²) in [5.41, 5.74) is -0.0556. The van der Waals surface area contributed by atoms with E-state index in [0.717, 1.165) is 6.07 Å². The van der Waals surface area contributed by atoms with Gasteiger partial charge in [-0.05, 0) is 17.7 Å². The second-order valence-electron chi connectivity index (χ2n) is 7.22. The average molecular weight is 480 g/mol. The lowest BCUT2D eigenvalue weighted by atomic mass is 10.0. The van der Waals surface area contributed by atoms with E-state index in [-0.39, 0.29) is 23.5 Å². The molecule has 0 unspecified atom stereocenters. The summed E-state index contributed by atoms with van der Waals surface area (Å²) in [6.45, 7) is -1.92. The van der Waals surface area contributed by atoms with Crippen LogP contribution < -0.4 is 10.1 Å². The molecular formula is C22H14F6N4O2. The highest BCUT2D eigenvalue weighted by Gasteiger charge is 2.38. The Morgan fingerprint density at radius 3 is 2.44 bits per heavy atom. The van der Waals surface area contributed by atoms with Gasteiger partial charge in [0.1, 0.15) is 5.75 Å². The van der Waals surface area contributed by atoms with Crippen molar-refractivity contribution in [3.63, 3.8) is 0 Å². The van der Waals surface area contributed by atoms with Crippen molar-refractivity contribution in [2.75, 3.05) is 11.9 Å². The van der Waals surface area contributed by atoms with Gasteiger partial charge in [-0.25, -0.2) is 4.99 Å². The molecule has 0 spiro atoms. The molecule has 2 aromatic carbocycles. The van der Waals surface area contributed by atoms with E-state index >= 15 is 0 Å². The van der Waals surface area contributed by atoms with E-state index in [0.29, 0.717) is 22.9 Å². The van der Waals surface area contributed by atoms with Gasteiger partial charge >= 0.3 is 12.4 Å². The fourth-order valence-corrected chi connectivity index (χ4v) is 3.27. The van der Waals surface area contributed by atoms with Crippen LogP contribution in [-0.2, 0) is 11.0 Å². The number of anilines is 1. The number of nitrogens with one attached hydrogen (secondary N) is 1. The minimum Gasteiger partial charge on any atom is -0.483 e. The van der Waals surface area contributed by atoms with Gasteiger partial charge in [0.15, 0.2) is 6.61 Å². The topological polar surface area (TPSA) is 76.5 Å². The molecule has 3 aromatic rings. The fourth-order valence-electron chi connectivity index (χ4n) is 3.27. The number of hydrogen-bond acceptors (Lipinski definition) is 5. The van der Waals surface area contributed by atoms with E-state index in [1.165, 1.54) is 18.6 Å². The quantitative estimate of drug-likeness (QED) is 0.496. The number of hydrogen-bond donors (Lipinski definition) is 1. The molecule has 0 aliphatic carbocycles. The molecule has 176 valence electrons. The molecule has 1 N–H and O–H groups in total. The van der Waals surface area contributed by atoms with Gasteiger partial charge in [0.2, 0.25) is 5.91 Å². The maximum absolute atomic E-state index is 13.5. The molecule has 6 nitrogen and oxygen atoms in total. The van der Waals surface area contributed by atoms with Gasteiger partial charge in [-0.1, -0.05) is 18.2 Å². The van der Waals surface area contributed by atoms with Crippen molar-refractivity contribution in [1.82, 2.24) is 9.97 Å². The van der Waals surface area contributed by atoms with Crippen LogP contribution in [0.1, 0.15) is 17.5 Å². The number of nitrogens with zero attached hydrogens (tertiary/aromatic N) is 3. The molecule has 0 radical (unpaired) electrons. The molecule has 0 saturated carbocycles. The Bertz CT molecular complexity index is 1260. The number of aliphatic imine (C=N–C) groups is 1. The van der Waals surface area contributed by atoms with Crippen molar-refractivity contribution >= 4 is 23.0 Å². The van der Waals surface area contributed by atoms with Crippen LogP contribution in [0.3, 0.4) is 0 Å². The predicted molar refractivity (Wildman–Crippen MR) is 110 cm³/mol. The number of fused-ring (bicyclic) bond motifs is 1. The SMILES string of the molecule is O=C1CC(c2cccc(-c3cnccn3)c2)=Nc2cc(OCC(F)(F)F)c(C(F)(F)F)cc2N1. The number of benzene rings is 2. The van der Waals surface area contributed by atoms with Crippen LogP contribution >= 0.6 is 0 Å². The summed E-state index contributed by atoms with van der Waals surface area (Å²) in [6.07, 6.45) is -5.63.